The van der Waals surface area contributed by atoms with Gasteiger partial charge in [-0.05, 0) is 27.1 Å². The monoisotopic (exact) mass is 258 g/mol. The van der Waals surface area contributed by atoms with E-state index in [-0.39, 0.29) is 5.91 Å². The van der Waals surface area contributed by atoms with E-state index in [0.29, 0.717) is 23.4 Å². The lowest BCUT2D eigenvalue weighted by atomic mass is 10.4. The molecule has 0 spiro atoms. The third-order valence-electron chi connectivity index (χ3n) is 1.94. The molecule has 0 bridgehead atoms. The summed E-state index contributed by atoms with van der Waals surface area (Å²) < 4.78 is 5.15. The fourth-order valence-electron chi connectivity index (χ4n) is 1.14. The van der Waals surface area contributed by atoms with Crippen molar-refractivity contribution in [3.05, 3.63) is 5.89 Å². The zero-order valence-electron chi connectivity index (χ0n) is 10.4. The number of carbonyl (C=O) groups excluding carboxylic acids is 1. The average molecular weight is 258 g/mol. The molecule has 1 heterocycles. The number of aromatic nitrogens is 2. The first-order chi connectivity index (χ1) is 8.08. The third kappa shape index (κ3) is 6.28. The highest BCUT2D eigenvalue weighted by molar-refractivity contribution is 7.99. The number of nitrogens with one attached hydrogen (secondary N) is 1. The Kier molecular flexibility index (Phi) is 5.99. The van der Waals surface area contributed by atoms with Gasteiger partial charge in [-0.25, -0.2) is 0 Å². The van der Waals surface area contributed by atoms with Gasteiger partial charge in [0, 0.05) is 13.5 Å². The minimum atomic E-state index is -0.00962. The van der Waals surface area contributed by atoms with Crippen LogP contribution < -0.4 is 5.32 Å². The molecule has 6 nitrogen and oxygen atoms in total. The average Bonchev–Trinajstić information content (AvgIpc) is 2.67. The molecule has 1 aromatic heterocycles. The molecule has 1 amide bonds. The Hall–Kier alpha value is -1.08. The molecular weight excluding hydrogens is 240 g/mol. The van der Waals surface area contributed by atoms with Gasteiger partial charge in [-0.3, -0.25) is 4.79 Å². The van der Waals surface area contributed by atoms with Gasteiger partial charge in [-0.2, -0.15) is 0 Å². The molecule has 0 aliphatic heterocycles. The smallest absolute Gasteiger partial charge is 0.277 e. The summed E-state index contributed by atoms with van der Waals surface area (Å²) in [7, 11) is 4.02. The van der Waals surface area contributed by atoms with Crippen molar-refractivity contribution in [2.45, 2.75) is 18.6 Å². The Bertz CT molecular complexity index is 354. The van der Waals surface area contributed by atoms with E-state index in [2.05, 4.69) is 20.4 Å². The molecule has 7 heteroatoms. The van der Waals surface area contributed by atoms with Gasteiger partial charge >= 0.3 is 0 Å². The van der Waals surface area contributed by atoms with Crippen LogP contribution in [0.25, 0.3) is 0 Å². The normalized spacial score (nSPS) is 10.8. The van der Waals surface area contributed by atoms with Crippen LogP contribution in [0.3, 0.4) is 0 Å². The first kappa shape index (κ1) is 14.0. The van der Waals surface area contributed by atoms with Gasteiger partial charge in [-0.15, -0.1) is 10.2 Å². The Labute approximate surface area is 105 Å². The predicted molar refractivity (Wildman–Crippen MR) is 65.9 cm³/mol. The maximum absolute atomic E-state index is 11.4. The van der Waals surface area contributed by atoms with Crippen molar-refractivity contribution in [2.24, 2.45) is 0 Å². The number of nitrogens with zero attached hydrogens (tertiary/aromatic N) is 3. The zero-order chi connectivity index (χ0) is 12.7. The van der Waals surface area contributed by atoms with Crippen LogP contribution in [0.5, 0.6) is 0 Å². The SMILES string of the molecule is Cc1nnc(SCC(=O)NCCCN(C)C)o1. The second kappa shape index (κ2) is 7.29. The second-order valence-corrected chi connectivity index (χ2v) is 4.81. The third-order valence-corrected chi connectivity index (χ3v) is 2.76. The van der Waals surface area contributed by atoms with E-state index < -0.39 is 0 Å². The summed E-state index contributed by atoms with van der Waals surface area (Å²) >= 11 is 1.25. The second-order valence-electron chi connectivity index (χ2n) is 3.88. The minimum Gasteiger partial charge on any atom is -0.416 e. The number of aryl methyl sites for hydroxylation is 1. The van der Waals surface area contributed by atoms with Gasteiger partial charge in [0.05, 0.1) is 5.75 Å². The first-order valence-electron chi connectivity index (χ1n) is 5.42. The Morgan fingerprint density at radius 1 is 1.47 bits per heavy atom. The van der Waals surface area contributed by atoms with Gasteiger partial charge in [0.2, 0.25) is 11.8 Å². The molecule has 1 aromatic rings. The van der Waals surface area contributed by atoms with Crippen LogP contribution in [0.1, 0.15) is 12.3 Å². The summed E-state index contributed by atoms with van der Waals surface area (Å²) in [5, 5.41) is 10.8. The van der Waals surface area contributed by atoms with E-state index in [9.17, 15) is 4.79 Å². The van der Waals surface area contributed by atoms with E-state index in [1.54, 1.807) is 6.92 Å². The number of amides is 1. The van der Waals surface area contributed by atoms with Crippen molar-refractivity contribution >= 4 is 17.7 Å². The molecule has 0 unspecified atom stereocenters. The zero-order valence-corrected chi connectivity index (χ0v) is 11.2. The Morgan fingerprint density at radius 2 is 2.24 bits per heavy atom. The fraction of sp³-hybridized carbons (Fsp3) is 0.700. The summed E-state index contributed by atoms with van der Waals surface area (Å²) in [6.45, 7) is 3.38. The van der Waals surface area contributed by atoms with E-state index >= 15 is 0 Å². The molecule has 0 saturated carbocycles. The lowest BCUT2D eigenvalue weighted by Gasteiger charge is -2.09. The van der Waals surface area contributed by atoms with Gasteiger partial charge < -0.3 is 14.6 Å². The molecule has 17 heavy (non-hydrogen) atoms. The highest BCUT2D eigenvalue weighted by Gasteiger charge is 2.07. The van der Waals surface area contributed by atoms with Crippen molar-refractivity contribution in [3.63, 3.8) is 0 Å². The van der Waals surface area contributed by atoms with Gasteiger partial charge in [0.1, 0.15) is 0 Å². The van der Waals surface area contributed by atoms with Gasteiger partial charge in [-0.1, -0.05) is 11.8 Å². The minimum absolute atomic E-state index is 0.00962. The van der Waals surface area contributed by atoms with Crippen molar-refractivity contribution in [2.75, 3.05) is 32.9 Å². The highest BCUT2D eigenvalue weighted by Crippen LogP contribution is 2.14. The van der Waals surface area contributed by atoms with Crippen LogP contribution in [0.15, 0.2) is 9.64 Å². The lowest BCUT2D eigenvalue weighted by Crippen LogP contribution is -2.28. The summed E-state index contributed by atoms with van der Waals surface area (Å²) in [5.41, 5.74) is 0. The number of hydrogen-bond donors (Lipinski definition) is 1. The quantitative estimate of drug-likeness (QED) is 0.568. The topological polar surface area (TPSA) is 71.3 Å². The molecule has 0 aromatic carbocycles. The van der Waals surface area contributed by atoms with Crippen molar-refractivity contribution in [1.29, 1.82) is 0 Å². The molecule has 1 N–H and O–H groups in total. The summed E-state index contributed by atoms with van der Waals surface area (Å²) in [5.74, 6) is 0.812. The molecular formula is C10H18N4O2S. The van der Waals surface area contributed by atoms with E-state index in [1.807, 2.05) is 14.1 Å². The Balaban J connectivity index is 2.09. The van der Waals surface area contributed by atoms with Crippen LogP contribution >= 0.6 is 11.8 Å². The van der Waals surface area contributed by atoms with Crippen LogP contribution in [0.2, 0.25) is 0 Å². The highest BCUT2D eigenvalue weighted by atomic mass is 32.2. The number of thioether (sulfide) groups is 1. The summed E-state index contributed by atoms with van der Waals surface area (Å²) in [6.07, 6.45) is 0.947. The molecule has 0 aliphatic carbocycles. The molecule has 0 fully saturated rings. The van der Waals surface area contributed by atoms with Crippen molar-refractivity contribution < 1.29 is 9.21 Å². The summed E-state index contributed by atoms with van der Waals surface area (Å²) in [6, 6.07) is 0. The standard InChI is InChI=1S/C10H18N4O2S/c1-8-12-13-10(16-8)17-7-9(15)11-5-4-6-14(2)3/h4-7H2,1-3H3,(H,11,15). The van der Waals surface area contributed by atoms with Crippen molar-refractivity contribution in [3.8, 4) is 0 Å². The molecule has 0 aliphatic rings. The van der Waals surface area contributed by atoms with Gasteiger partial charge in [0.15, 0.2) is 0 Å². The summed E-state index contributed by atoms with van der Waals surface area (Å²) in [4.78, 5) is 13.5. The number of carbonyl (C=O) groups is 1. The van der Waals surface area contributed by atoms with Crippen LogP contribution in [0, 0.1) is 6.92 Å². The number of rotatable bonds is 7. The van der Waals surface area contributed by atoms with Crippen LogP contribution in [0.4, 0.5) is 0 Å². The molecule has 0 saturated heterocycles. The maximum atomic E-state index is 11.4. The van der Waals surface area contributed by atoms with Crippen molar-refractivity contribution in [1.82, 2.24) is 20.4 Å². The largest absolute Gasteiger partial charge is 0.416 e. The van der Waals surface area contributed by atoms with Gasteiger partial charge in [0.25, 0.3) is 5.22 Å². The lowest BCUT2D eigenvalue weighted by molar-refractivity contribution is -0.118. The van der Waals surface area contributed by atoms with Crippen LogP contribution in [-0.4, -0.2) is 53.9 Å². The predicted octanol–water partition coefficient (Wildman–Crippen LogP) is 0.538. The Morgan fingerprint density at radius 3 is 2.82 bits per heavy atom. The van der Waals surface area contributed by atoms with E-state index in [0.717, 1.165) is 13.0 Å². The number of hydrogen-bond acceptors (Lipinski definition) is 6. The molecule has 0 atom stereocenters. The molecule has 96 valence electrons. The molecule has 1 rings (SSSR count). The van der Waals surface area contributed by atoms with E-state index in [4.69, 9.17) is 4.42 Å². The maximum Gasteiger partial charge on any atom is 0.277 e. The first-order valence-corrected chi connectivity index (χ1v) is 6.41. The molecule has 0 radical (unpaired) electrons. The van der Waals surface area contributed by atoms with Crippen LogP contribution in [-0.2, 0) is 4.79 Å². The van der Waals surface area contributed by atoms with E-state index in [1.165, 1.54) is 11.8 Å². The fourth-order valence-corrected chi connectivity index (χ4v) is 1.77.